The van der Waals surface area contributed by atoms with Gasteiger partial charge in [-0.2, -0.15) is 0 Å². The summed E-state index contributed by atoms with van der Waals surface area (Å²) in [7, 11) is 0. The summed E-state index contributed by atoms with van der Waals surface area (Å²) in [6, 6.07) is 20.0. The number of aromatic nitrogens is 3. The molecule has 0 aliphatic heterocycles. The van der Waals surface area contributed by atoms with E-state index in [0.717, 1.165) is 27.3 Å². The molecule has 2 heterocycles. The van der Waals surface area contributed by atoms with Gasteiger partial charge in [-0.25, -0.2) is 9.97 Å². The van der Waals surface area contributed by atoms with E-state index in [2.05, 4.69) is 34.3 Å². The molecule has 2 aromatic carbocycles. The highest BCUT2D eigenvalue weighted by molar-refractivity contribution is 8.00. The van der Waals surface area contributed by atoms with E-state index in [1.165, 1.54) is 17.3 Å². The highest BCUT2D eigenvalue weighted by Gasteiger charge is 2.06. The molecule has 0 aliphatic rings. The Bertz CT molecular complexity index is 1090. The van der Waals surface area contributed by atoms with E-state index in [4.69, 9.17) is 0 Å². The van der Waals surface area contributed by atoms with Gasteiger partial charge in [0.05, 0.1) is 16.8 Å². The first-order chi connectivity index (χ1) is 13.7. The van der Waals surface area contributed by atoms with E-state index >= 15 is 0 Å². The molecule has 0 spiro atoms. The summed E-state index contributed by atoms with van der Waals surface area (Å²) >= 11 is 1.54. The van der Waals surface area contributed by atoms with Gasteiger partial charge in [0.25, 0.3) is 0 Å². The van der Waals surface area contributed by atoms with Crippen molar-refractivity contribution in [1.82, 2.24) is 19.9 Å². The van der Waals surface area contributed by atoms with Gasteiger partial charge in [0.15, 0.2) is 0 Å². The number of carbonyl (C=O) groups excluding carboxylic acids is 1. The maximum absolute atomic E-state index is 12.1. The maximum Gasteiger partial charge on any atom is 0.230 e. The average Bonchev–Trinajstić information content (AvgIpc) is 3.16. The van der Waals surface area contributed by atoms with E-state index in [9.17, 15) is 4.79 Å². The minimum Gasteiger partial charge on any atom is -0.351 e. The Labute approximate surface area is 167 Å². The third-order valence-electron chi connectivity index (χ3n) is 4.39. The van der Waals surface area contributed by atoms with Crippen LogP contribution in [-0.4, -0.2) is 26.2 Å². The van der Waals surface area contributed by atoms with E-state index in [0.29, 0.717) is 12.3 Å². The second-order valence-electron chi connectivity index (χ2n) is 6.51. The molecule has 6 heteroatoms. The Kier molecular flexibility index (Phi) is 5.39. The fourth-order valence-corrected chi connectivity index (χ4v) is 3.57. The molecule has 0 saturated heterocycles. The number of nitrogens with one attached hydrogen (secondary N) is 1. The van der Waals surface area contributed by atoms with Crippen molar-refractivity contribution in [1.29, 1.82) is 0 Å². The SMILES string of the molecule is Cc1ccc(SCC(=O)NCc2ccc(-n3cnc4ccccc43)nc2)cc1. The molecule has 4 rings (SSSR count). The van der Waals surface area contributed by atoms with Crippen LogP contribution in [0.1, 0.15) is 11.1 Å². The number of hydrogen-bond donors (Lipinski definition) is 1. The number of aryl methyl sites for hydroxylation is 1. The highest BCUT2D eigenvalue weighted by Crippen LogP contribution is 2.18. The van der Waals surface area contributed by atoms with Crippen molar-refractivity contribution < 1.29 is 4.79 Å². The predicted molar refractivity (Wildman–Crippen MR) is 113 cm³/mol. The molecule has 4 aromatic rings. The number of amides is 1. The van der Waals surface area contributed by atoms with Gasteiger partial charge in [-0.3, -0.25) is 9.36 Å². The fraction of sp³-hybridized carbons (Fsp3) is 0.136. The lowest BCUT2D eigenvalue weighted by Gasteiger charge is -2.07. The Hall–Kier alpha value is -3.12. The zero-order valence-electron chi connectivity index (χ0n) is 15.5. The number of carbonyl (C=O) groups is 1. The third-order valence-corrected chi connectivity index (χ3v) is 5.40. The summed E-state index contributed by atoms with van der Waals surface area (Å²) < 4.78 is 1.95. The fourth-order valence-electron chi connectivity index (χ4n) is 2.84. The van der Waals surface area contributed by atoms with E-state index in [1.807, 2.05) is 53.1 Å². The van der Waals surface area contributed by atoms with Gasteiger partial charge in [0, 0.05) is 17.6 Å². The zero-order valence-corrected chi connectivity index (χ0v) is 16.3. The Morgan fingerprint density at radius 3 is 2.64 bits per heavy atom. The quantitative estimate of drug-likeness (QED) is 0.505. The number of thioether (sulfide) groups is 1. The average molecular weight is 388 g/mol. The molecule has 1 amide bonds. The molecular formula is C22H20N4OS. The topological polar surface area (TPSA) is 59.8 Å². The van der Waals surface area contributed by atoms with Crippen molar-refractivity contribution >= 4 is 28.7 Å². The minimum atomic E-state index is 0.00950. The summed E-state index contributed by atoms with van der Waals surface area (Å²) in [6.07, 6.45) is 3.56. The van der Waals surface area contributed by atoms with Gasteiger partial charge in [0.1, 0.15) is 12.1 Å². The largest absolute Gasteiger partial charge is 0.351 e. The number of rotatable bonds is 6. The van der Waals surface area contributed by atoms with Crippen molar-refractivity contribution in [3.8, 4) is 5.82 Å². The van der Waals surface area contributed by atoms with Crippen molar-refractivity contribution in [3.05, 3.63) is 84.3 Å². The van der Waals surface area contributed by atoms with Crippen molar-refractivity contribution in [2.75, 3.05) is 5.75 Å². The second-order valence-corrected chi connectivity index (χ2v) is 7.56. The maximum atomic E-state index is 12.1. The first-order valence-electron chi connectivity index (χ1n) is 9.02. The Morgan fingerprint density at radius 2 is 1.86 bits per heavy atom. The summed E-state index contributed by atoms with van der Waals surface area (Å²) in [6.45, 7) is 2.51. The van der Waals surface area contributed by atoms with Crippen molar-refractivity contribution in [3.63, 3.8) is 0 Å². The molecular weight excluding hydrogens is 368 g/mol. The van der Waals surface area contributed by atoms with Crippen LogP contribution in [-0.2, 0) is 11.3 Å². The monoisotopic (exact) mass is 388 g/mol. The third kappa shape index (κ3) is 4.23. The zero-order chi connectivity index (χ0) is 19.3. The van der Waals surface area contributed by atoms with Crippen molar-refractivity contribution in [2.24, 2.45) is 0 Å². The first-order valence-corrected chi connectivity index (χ1v) is 10.0. The number of fused-ring (bicyclic) bond motifs is 1. The molecule has 1 N–H and O–H groups in total. The molecule has 0 radical (unpaired) electrons. The van der Waals surface area contributed by atoms with Crippen LogP contribution < -0.4 is 5.32 Å². The van der Waals surface area contributed by atoms with Crippen molar-refractivity contribution in [2.45, 2.75) is 18.4 Å². The number of para-hydroxylation sites is 2. The summed E-state index contributed by atoms with van der Waals surface area (Å²) in [5.41, 5.74) is 4.13. The van der Waals surface area contributed by atoms with Crippen LogP contribution in [0.15, 0.2) is 78.1 Å². The van der Waals surface area contributed by atoms with Crippen LogP contribution in [0.5, 0.6) is 0 Å². The van der Waals surface area contributed by atoms with Gasteiger partial charge in [-0.05, 0) is 42.8 Å². The normalized spacial score (nSPS) is 10.9. The predicted octanol–water partition coefficient (Wildman–Crippen LogP) is 4.14. The Balaban J connectivity index is 1.33. The van der Waals surface area contributed by atoms with E-state index in [-0.39, 0.29) is 5.91 Å². The summed E-state index contributed by atoms with van der Waals surface area (Å²) in [5, 5.41) is 2.95. The molecule has 0 unspecified atom stereocenters. The van der Waals surface area contributed by atoms with Crippen LogP contribution in [0.2, 0.25) is 0 Å². The van der Waals surface area contributed by atoms with Gasteiger partial charge in [-0.15, -0.1) is 11.8 Å². The number of pyridine rings is 1. The molecule has 5 nitrogen and oxygen atoms in total. The lowest BCUT2D eigenvalue weighted by atomic mass is 10.2. The van der Waals surface area contributed by atoms with Crippen LogP contribution >= 0.6 is 11.8 Å². The highest BCUT2D eigenvalue weighted by atomic mass is 32.2. The van der Waals surface area contributed by atoms with Crippen LogP contribution in [0.4, 0.5) is 0 Å². The molecule has 0 fully saturated rings. The number of imidazole rings is 1. The number of hydrogen-bond acceptors (Lipinski definition) is 4. The standard InChI is InChI=1S/C22H20N4OS/c1-16-6-9-18(10-7-16)28-14-22(27)24-13-17-8-11-21(23-12-17)26-15-25-19-4-2-3-5-20(19)26/h2-12,15H,13-14H2,1H3,(H,24,27). The minimum absolute atomic E-state index is 0.00950. The summed E-state index contributed by atoms with van der Waals surface area (Å²) in [5.74, 6) is 1.21. The second kappa shape index (κ2) is 8.27. The number of nitrogens with zero attached hydrogens (tertiary/aromatic N) is 3. The van der Waals surface area contributed by atoms with Crippen LogP contribution in [0.3, 0.4) is 0 Å². The van der Waals surface area contributed by atoms with E-state index < -0.39 is 0 Å². The first kappa shape index (κ1) is 18.3. The lowest BCUT2D eigenvalue weighted by molar-refractivity contribution is -0.118. The number of benzene rings is 2. The van der Waals surface area contributed by atoms with Crippen LogP contribution in [0.25, 0.3) is 16.9 Å². The van der Waals surface area contributed by atoms with Gasteiger partial charge in [-0.1, -0.05) is 35.9 Å². The molecule has 140 valence electrons. The molecule has 0 bridgehead atoms. The molecule has 0 atom stereocenters. The van der Waals surface area contributed by atoms with Gasteiger partial charge < -0.3 is 5.32 Å². The smallest absolute Gasteiger partial charge is 0.230 e. The van der Waals surface area contributed by atoms with Crippen LogP contribution in [0, 0.1) is 6.92 Å². The molecule has 2 aromatic heterocycles. The molecule has 28 heavy (non-hydrogen) atoms. The van der Waals surface area contributed by atoms with Gasteiger partial charge in [0.2, 0.25) is 5.91 Å². The molecule has 0 saturated carbocycles. The van der Waals surface area contributed by atoms with Gasteiger partial charge >= 0.3 is 0 Å². The lowest BCUT2D eigenvalue weighted by Crippen LogP contribution is -2.24. The summed E-state index contributed by atoms with van der Waals surface area (Å²) in [4.78, 5) is 22.1. The molecule has 0 aliphatic carbocycles. The van der Waals surface area contributed by atoms with E-state index in [1.54, 1.807) is 12.5 Å². The Morgan fingerprint density at radius 1 is 1.04 bits per heavy atom.